The topological polar surface area (TPSA) is 17.1 Å². The Morgan fingerprint density at radius 1 is 1.36 bits per heavy atom. The highest BCUT2D eigenvalue weighted by atomic mass is 16.1. The van der Waals surface area contributed by atoms with Crippen LogP contribution in [0.1, 0.15) is 25.3 Å². The average Bonchev–Trinajstić information content (AvgIpc) is 2.27. The molecule has 0 saturated carbocycles. The van der Waals surface area contributed by atoms with Crippen molar-refractivity contribution < 1.29 is 4.79 Å². The van der Waals surface area contributed by atoms with E-state index < -0.39 is 0 Å². The fourth-order valence-electron chi connectivity index (χ4n) is 1.73. The fourth-order valence-corrected chi connectivity index (χ4v) is 1.73. The molecule has 0 bridgehead atoms. The van der Waals surface area contributed by atoms with E-state index >= 15 is 0 Å². The smallest absolute Gasteiger partial charge is 0.121 e. The van der Waals surface area contributed by atoms with Crippen LogP contribution in [0.4, 0.5) is 0 Å². The molecule has 0 saturated heterocycles. The third-order valence-electron chi connectivity index (χ3n) is 2.82. The van der Waals surface area contributed by atoms with Gasteiger partial charge in [-0.1, -0.05) is 43.3 Å². The Balaban J connectivity index is 3.09. The van der Waals surface area contributed by atoms with Crippen LogP contribution >= 0.6 is 0 Å². The van der Waals surface area contributed by atoms with Crippen molar-refractivity contribution in [1.29, 1.82) is 0 Å². The Morgan fingerprint density at radius 2 is 2.00 bits per heavy atom. The van der Waals surface area contributed by atoms with E-state index in [-0.39, 0.29) is 5.41 Å². The summed E-state index contributed by atoms with van der Waals surface area (Å²) >= 11 is 0. The Kier molecular flexibility index (Phi) is 3.63. The van der Waals surface area contributed by atoms with Gasteiger partial charge in [-0.2, -0.15) is 0 Å². The first-order chi connectivity index (χ1) is 6.79. The highest BCUT2D eigenvalue weighted by Crippen LogP contribution is 2.31. The maximum Gasteiger partial charge on any atom is 0.121 e. The zero-order valence-electron chi connectivity index (χ0n) is 8.57. The molecule has 0 amide bonds. The van der Waals surface area contributed by atoms with Crippen LogP contribution in [0.5, 0.6) is 0 Å². The summed E-state index contributed by atoms with van der Waals surface area (Å²) in [6, 6.07) is 10.1. The molecule has 1 rings (SSSR count). The lowest BCUT2D eigenvalue weighted by Gasteiger charge is -2.27. The molecule has 0 heterocycles. The molecule has 1 unspecified atom stereocenters. The van der Waals surface area contributed by atoms with Crippen LogP contribution in [-0.2, 0) is 10.2 Å². The third kappa shape index (κ3) is 1.92. The molecule has 0 aromatic heterocycles. The largest absolute Gasteiger partial charge is 0.303 e. The third-order valence-corrected chi connectivity index (χ3v) is 2.82. The second-order valence-electron chi connectivity index (χ2n) is 3.45. The minimum absolute atomic E-state index is 0.178. The quantitative estimate of drug-likeness (QED) is 0.512. The molecular formula is C13H16O. The molecular weight excluding hydrogens is 172 g/mol. The number of carbonyl (C=O) groups excluding carboxylic acids is 1. The summed E-state index contributed by atoms with van der Waals surface area (Å²) in [5, 5.41) is 0. The van der Waals surface area contributed by atoms with Crippen molar-refractivity contribution in [3.05, 3.63) is 48.6 Å². The molecule has 1 atom stereocenters. The van der Waals surface area contributed by atoms with E-state index in [0.29, 0.717) is 6.42 Å². The van der Waals surface area contributed by atoms with Gasteiger partial charge in [0.05, 0.1) is 0 Å². The number of aldehydes is 1. The molecule has 0 aliphatic carbocycles. The van der Waals surface area contributed by atoms with Gasteiger partial charge in [0.25, 0.3) is 0 Å². The van der Waals surface area contributed by atoms with Gasteiger partial charge in [-0.05, 0) is 12.0 Å². The summed E-state index contributed by atoms with van der Waals surface area (Å²) in [7, 11) is 0. The molecule has 0 aliphatic rings. The van der Waals surface area contributed by atoms with Gasteiger partial charge in [-0.25, -0.2) is 0 Å². The predicted molar refractivity (Wildman–Crippen MR) is 59.3 cm³/mol. The zero-order valence-corrected chi connectivity index (χ0v) is 8.57. The van der Waals surface area contributed by atoms with Gasteiger partial charge in [0.1, 0.15) is 6.29 Å². The Bertz CT molecular complexity index is 302. The van der Waals surface area contributed by atoms with Gasteiger partial charge in [-0.3, -0.25) is 0 Å². The van der Waals surface area contributed by atoms with Crippen LogP contribution < -0.4 is 0 Å². The van der Waals surface area contributed by atoms with Gasteiger partial charge in [0, 0.05) is 11.8 Å². The van der Waals surface area contributed by atoms with Crippen molar-refractivity contribution in [2.24, 2.45) is 0 Å². The summed E-state index contributed by atoms with van der Waals surface area (Å²) < 4.78 is 0. The van der Waals surface area contributed by atoms with E-state index in [1.807, 2.05) is 24.3 Å². The first-order valence-electron chi connectivity index (χ1n) is 4.92. The number of carbonyl (C=O) groups is 1. The van der Waals surface area contributed by atoms with Crippen LogP contribution in [0.2, 0.25) is 0 Å². The van der Waals surface area contributed by atoms with Crippen LogP contribution in [0.3, 0.4) is 0 Å². The molecule has 0 aliphatic heterocycles. The fraction of sp³-hybridized carbons (Fsp3) is 0.308. The highest BCUT2D eigenvalue weighted by molar-refractivity contribution is 5.55. The first kappa shape index (κ1) is 10.7. The monoisotopic (exact) mass is 188 g/mol. The Labute approximate surface area is 85.5 Å². The summed E-state index contributed by atoms with van der Waals surface area (Å²) in [6.45, 7) is 5.92. The molecule has 14 heavy (non-hydrogen) atoms. The number of benzene rings is 1. The molecule has 74 valence electrons. The summed E-state index contributed by atoms with van der Waals surface area (Å²) in [6.07, 6.45) is 4.27. The van der Waals surface area contributed by atoms with Crippen molar-refractivity contribution in [1.82, 2.24) is 0 Å². The lowest BCUT2D eigenvalue weighted by Crippen LogP contribution is -2.22. The van der Waals surface area contributed by atoms with Crippen LogP contribution in [0.25, 0.3) is 0 Å². The van der Waals surface area contributed by atoms with Crippen molar-refractivity contribution in [2.75, 3.05) is 0 Å². The van der Waals surface area contributed by atoms with E-state index in [1.54, 1.807) is 0 Å². The minimum atomic E-state index is -0.178. The first-order valence-corrected chi connectivity index (χ1v) is 4.92. The van der Waals surface area contributed by atoms with Gasteiger partial charge in [0.15, 0.2) is 0 Å². The summed E-state index contributed by atoms with van der Waals surface area (Å²) in [5.74, 6) is 0. The van der Waals surface area contributed by atoms with Gasteiger partial charge in [-0.15, -0.1) is 6.58 Å². The normalized spacial score (nSPS) is 14.4. The van der Waals surface area contributed by atoms with Crippen molar-refractivity contribution in [3.63, 3.8) is 0 Å². The average molecular weight is 188 g/mol. The summed E-state index contributed by atoms with van der Waals surface area (Å²) in [5.41, 5.74) is 0.993. The Hall–Kier alpha value is -1.37. The predicted octanol–water partition coefficient (Wildman–Crippen LogP) is 3.11. The molecule has 1 aromatic rings. The lowest BCUT2D eigenvalue weighted by atomic mass is 9.76. The van der Waals surface area contributed by atoms with Gasteiger partial charge in [0.2, 0.25) is 0 Å². The number of hydrogen-bond donors (Lipinski definition) is 0. The maximum absolute atomic E-state index is 10.7. The van der Waals surface area contributed by atoms with Crippen LogP contribution in [0.15, 0.2) is 43.0 Å². The zero-order chi connectivity index (χ0) is 10.4. The molecule has 1 nitrogen and oxygen atoms in total. The van der Waals surface area contributed by atoms with Crippen LogP contribution in [0, 0.1) is 0 Å². The van der Waals surface area contributed by atoms with E-state index in [2.05, 4.69) is 25.6 Å². The number of allylic oxidation sites excluding steroid dienone is 1. The van der Waals surface area contributed by atoms with E-state index in [4.69, 9.17) is 0 Å². The van der Waals surface area contributed by atoms with Gasteiger partial charge >= 0.3 is 0 Å². The van der Waals surface area contributed by atoms with Gasteiger partial charge < -0.3 is 4.79 Å². The molecule has 0 fully saturated rings. The van der Waals surface area contributed by atoms with Crippen LogP contribution in [-0.4, -0.2) is 6.29 Å². The van der Waals surface area contributed by atoms with Crippen molar-refractivity contribution in [2.45, 2.75) is 25.2 Å². The number of hydrogen-bond acceptors (Lipinski definition) is 1. The maximum atomic E-state index is 10.7. The Morgan fingerprint density at radius 3 is 2.43 bits per heavy atom. The highest BCUT2D eigenvalue weighted by Gasteiger charge is 2.25. The second-order valence-corrected chi connectivity index (χ2v) is 3.45. The minimum Gasteiger partial charge on any atom is -0.303 e. The number of rotatable bonds is 5. The summed E-state index contributed by atoms with van der Waals surface area (Å²) in [4.78, 5) is 10.7. The van der Waals surface area contributed by atoms with E-state index in [9.17, 15) is 4.79 Å². The van der Waals surface area contributed by atoms with E-state index in [1.165, 1.54) is 5.56 Å². The SMILES string of the molecule is C=CC(CC)(CC=O)c1ccccc1. The lowest BCUT2D eigenvalue weighted by molar-refractivity contribution is -0.108. The second kappa shape index (κ2) is 4.75. The molecule has 0 radical (unpaired) electrons. The van der Waals surface area contributed by atoms with Crippen molar-refractivity contribution >= 4 is 6.29 Å². The van der Waals surface area contributed by atoms with Crippen molar-refractivity contribution in [3.8, 4) is 0 Å². The standard InChI is InChI=1S/C13H16O/c1-3-13(4-2,10-11-14)12-8-6-5-7-9-12/h3,5-9,11H,1,4,10H2,2H3. The molecule has 0 N–H and O–H groups in total. The molecule has 1 heteroatoms. The van der Waals surface area contributed by atoms with E-state index in [0.717, 1.165) is 12.7 Å². The molecule has 1 aromatic carbocycles. The molecule has 0 spiro atoms.